The summed E-state index contributed by atoms with van der Waals surface area (Å²) in [5, 5.41) is 8.73. The number of nitrogens with zero attached hydrogens (tertiary/aromatic N) is 2. The van der Waals surface area contributed by atoms with Crippen molar-refractivity contribution in [3.8, 4) is 11.8 Å². The first-order chi connectivity index (χ1) is 9.49. The molecule has 102 valence electrons. The minimum absolute atomic E-state index is 0.0159. The summed E-state index contributed by atoms with van der Waals surface area (Å²) >= 11 is 0. The van der Waals surface area contributed by atoms with E-state index in [4.69, 9.17) is 20.7 Å². The Balaban J connectivity index is 2.06. The van der Waals surface area contributed by atoms with Crippen LogP contribution >= 0.6 is 10.7 Å². The first-order valence-corrected chi connectivity index (χ1v) is 7.82. The third-order valence-electron chi connectivity index (χ3n) is 2.45. The fraction of sp³-hybridized carbons (Fsp3) is 0.0769. The zero-order valence-electron chi connectivity index (χ0n) is 10.2. The second kappa shape index (κ2) is 5.90. The monoisotopic (exact) mass is 308 g/mol. The van der Waals surface area contributed by atoms with E-state index in [1.54, 1.807) is 12.1 Å². The van der Waals surface area contributed by atoms with Gasteiger partial charge in [-0.05, 0) is 42.0 Å². The quantitative estimate of drug-likeness (QED) is 0.810. The summed E-state index contributed by atoms with van der Waals surface area (Å²) in [6.45, 7) is 0.254. The Kier molecular flexibility index (Phi) is 4.23. The van der Waals surface area contributed by atoms with Crippen LogP contribution < -0.4 is 4.74 Å². The summed E-state index contributed by atoms with van der Waals surface area (Å²) in [6.07, 6.45) is 1.53. The number of hydrogen-bond acceptors (Lipinski definition) is 5. The van der Waals surface area contributed by atoms with Crippen molar-refractivity contribution in [3.63, 3.8) is 0 Å². The fourth-order valence-corrected chi connectivity index (χ4v) is 2.26. The second-order valence-corrected chi connectivity index (χ2v) is 6.43. The molecule has 0 atom stereocenters. The molecule has 2 rings (SSSR count). The van der Waals surface area contributed by atoms with Crippen LogP contribution in [-0.4, -0.2) is 13.4 Å². The van der Waals surface area contributed by atoms with Crippen LogP contribution in [0.1, 0.15) is 11.3 Å². The Morgan fingerprint density at radius 1 is 1.25 bits per heavy atom. The third-order valence-corrected chi connectivity index (χ3v) is 3.82. The SMILES string of the molecule is N#Cc1cc(COc2ccc(S(=O)(=O)Cl)cc2)ccn1. The van der Waals surface area contributed by atoms with Crippen LogP contribution in [0.5, 0.6) is 5.75 Å². The van der Waals surface area contributed by atoms with Crippen LogP contribution in [0, 0.1) is 11.3 Å². The molecular formula is C13H9ClN2O3S. The molecule has 20 heavy (non-hydrogen) atoms. The van der Waals surface area contributed by atoms with Gasteiger partial charge in [0.25, 0.3) is 9.05 Å². The van der Waals surface area contributed by atoms with E-state index in [0.717, 1.165) is 5.56 Å². The largest absolute Gasteiger partial charge is 0.489 e. The smallest absolute Gasteiger partial charge is 0.261 e. The zero-order valence-corrected chi connectivity index (χ0v) is 11.7. The van der Waals surface area contributed by atoms with Gasteiger partial charge in [-0.25, -0.2) is 13.4 Å². The predicted molar refractivity (Wildman–Crippen MR) is 72.8 cm³/mol. The predicted octanol–water partition coefficient (Wildman–Crippen LogP) is 2.46. The molecule has 0 saturated heterocycles. The highest BCUT2D eigenvalue weighted by Crippen LogP contribution is 2.19. The van der Waals surface area contributed by atoms with Crippen molar-refractivity contribution >= 4 is 19.7 Å². The van der Waals surface area contributed by atoms with E-state index in [1.807, 2.05) is 6.07 Å². The van der Waals surface area contributed by atoms with Crippen LogP contribution in [0.25, 0.3) is 0 Å². The Morgan fingerprint density at radius 3 is 2.55 bits per heavy atom. The number of benzene rings is 1. The van der Waals surface area contributed by atoms with Crippen LogP contribution in [0.4, 0.5) is 0 Å². The minimum Gasteiger partial charge on any atom is -0.489 e. The Bertz CT molecular complexity index is 752. The normalized spacial score (nSPS) is 10.8. The topological polar surface area (TPSA) is 80.0 Å². The molecular weight excluding hydrogens is 300 g/mol. The lowest BCUT2D eigenvalue weighted by Crippen LogP contribution is -1.97. The van der Waals surface area contributed by atoms with Crippen molar-refractivity contribution < 1.29 is 13.2 Å². The lowest BCUT2D eigenvalue weighted by atomic mass is 10.2. The van der Waals surface area contributed by atoms with E-state index in [-0.39, 0.29) is 11.5 Å². The molecule has 0 fully saturated rings. The van der Waals surface area contributed by atoms with E-state index in [9.17, 15) is 8.42 Å². The highest BCUT2D eigenvalue weighted by Gasteiger charge is 2.09. The molecule has 0 amide bonds. The van der Waals surface area contributed by atoms with Crippen LogP contribution in [-0.2, 0) is 15.7 Å². The lowest BCUT2D eigenvalue weighted by molar-refractivity contribution is 0.306. The molecule has 2 aromatic rings. The van der Waals surface area contributed by atoms with Crippen LogP contribution in [0.15, 0.2) is 47.5 Å². The van der Waals surface area contributed by atoms with E-state index in [2.05, 4.69) is 4.98 Å². The molecule has 7 heteroatoms. The maximum atomic E-state index is 11.1. The molecule has 1 aromatic heterocycles. The number of ether oxygens (including phenoxy) is 1. The number of pyridine rings is 1. The molecule has 5 nitrogen and oxygen atoms in total. The fourth-order valence-electron chi connectivity index (χ4n) is 1.49. The van der Waals surface area contributed by atoms with Crippen molar-refractivity contribution in [1.82, 2.24) is 4.98 Å². The molecule has 0 aliphatic heterocycles. The van der Waals surface area contributed by atoms with Gasteiger partial charge in [-0.1, -0.05) is 0 Å². The summed E-state index contributed by atoms with van der Waals surface area (Å²) in [4.78, 5) is 3.87. The van der Waals surface area contributed by atoms with Gasteiger partial charge < -0.3 is 4.74 Å². The van der Waals surface area contributed by atoms with Gasteiger partial charge in [0, 0.05) is 16.9 Å². The Morgan fingerprint density at radius 2 is 1.95 bits per heavy atom. The Hall–Kier alpha value is -2.10. The van der Waals surface area contributed by atoms with Gasteiger partial charge in [-0.2, -0.15) is 5.26 Å². The molecule has 0 aliphatic rings. The standard InChI is InChI=1S/C13H9ClN2O3S/c14-20(17,18)13-3-1-12(2-4-13)19-9-10-5-6-16-11(7-10)8-15/h1-7H,9H2. The summed E-state index contributed by atoms with van der Waals surface area (Å²) in [7, 11) is 1.49. The maximum absolute atomic E-state index is 11.1. The Labute approximate surface area is 120 Å². The summed E-state index contributed by atoms with van der Waals surface area (Å²) in [6, 6.07) is 11.1. The number of rotatable bonds is 4. The molecule has 0 N–H and O–H groups in total. The van der Waals surface area contributed by atoms with Crippen molar-refractivity contribution in [2.24, 2.45) is 0 Å². The molecule has 1 aromatic carbocycles. The van der Waals surface area contributed by atoms with E-state index < -0.39 is 9.05 Å². The zero-order chi connectivity index (χ0) is 14.6. The van der Waals surface area contributed by atoms with Gasteiger partial charge in [0.2, 0.25) is 0 Å². The summed E-state index contributed by atoms with van der Waals surface area (Å²) < 4.78 is 27.6. The van der Waals surface area contributed by atoms with Gasteiger partial charge in [-0.15, -0.1) is 0 Å². The summed E-state index contributed by atoms with van der Waals surface area (Å²) in [5.41, 5.74) is 1.11. The maximum Gasteiger partial charge on any atom is 0.261 e. The van der Waals surface area contributed by atoms with Crippen LogP contribution in [0.2, 0.25) is 0 Å². The number of nitriles is 1. The van der Waals surface area contributed by atoms with E-state index >= 15 is 0 Å². The van der Waals surface area contributed by atoms with Crippen molar-refractivity contribution in [1.29, 1.82) is 5.26 Å². The van der Waals surface area contributed by atoms with Crippen molar-refractivity contribution in [2.75, 3.05) is 0 Å². The number of aromatic nitrogens is 1. The van der Waals surface area contributed by atoms with Crippen molar-refractivity contribution in [2.45, 2.75) is 11.5 Å². The molecule has 0 unspecified atom stereocenters. The average molecular weight is 309 g/mol. The van der Waals surface area contributed by atoms with Gasteiger partial charge in [0.1, 0.15) is 24.1 Å². The minimum atomic E-state index is -3.72. The highest BCUT2D eigenvalue weighted by molar-refractivity contribution is 8.13. The molecule has 0 bridgehead atoms. The highest BCUT2D eigenvalue weighted by atomic mass is 35.7. The molecule has 0 saturated carbocycles. The van der Waals surface area contributed by atoms with Gasteiger partial charge in [-0.3, -0.25) is 0 Å². The average Bonchev–Trinajstić information content (AvgIpc) is 2.45. The van der Waals surface area contributed by atoms with Gasteiger partial charge in [0.05, 0.1) is 4.90 Å². The van der Waals surface area contributed by atoms with Crippen molar-refractivity contribution in [3.05, 3.63) is 53.9 Å². The first kappa shape index (κ1) is 14.3. The van der Waals surface area contributed by atoms with E-state index in [0.29, 0.717) is 11.4 Å². The first-order valence-electron chi connectivity index (χ1n) is 5.51. The van der Waals surface area contributed by atoms with Crippen LogP contribution in [0.3, 0.4) is 0 Å². The number of hydrogen-bond donors (Lipinski definition) is 0. The van der Waals surface area contributed by atoms with E-state index in [1.165, 1.54) is 30.5 Å². The lowest BCUT2D eigenvalue weighted by Gasteiger charge is -2.06. The second-order valence-electron chi connectivity index (χ2n) is 3.86. The third kappa shape index (κ3) is 3.70. The molecule has 0 aliphatic carbocycles. The summed E-state index contributed by atoms with van der Waals surface area (Å²) in [5.74, 6) is 0.504. The number of halogens is 1. The molecule has 0 radical (unpaired) electrons. The molecule has 1 heterocycles. The molecule has 0 spiro atoms. The van der Waals surface area contributed by atoms with Gasteiger partial charge in [0.15, 0.2) is 0 Å². The van der Waals surface area contributed by atoms with Gasteiger partial charge >= 0.3 is 0 Å².